The lowest BCUT2D eigenvalue weighted by Crippen LogP contribution is -2.17. The highest BCUT2D eigenvalue weighted by molar-refractivity contribution is 5.86. The molecule has 0 unspecified atom stereocenters. The van der Waals surface area contributed by atoms with Gasteiger partial charge in [0.15, 0.2) is 0 Å². The Morgan fingerprint density at radius 1 is 1.07 bits per heavy atom. The van der Waals surface area contributed by atoms with Gasteiger partial charge in [0.1, 0.15) is 6.73 Å². The minimum atomic E-state index is 0.0391. The van der Waals surface area contributed by atoms with E-state index in [1.807, 2.05) is 13.1 Å². The highest BCUT2D eigenvalue weighted by Gasteiger charge is 2.00. The van der Waals surface area contributed by atoms with Crippen LogP contribution < -0.4 is 4.90 Å². The summed E-state index contributed by atoms with van der Waals surface area (Å²) in [6.45, 7) is 2.13. The molecule has 0 saturated heterocycles. The molecule has 0 bridgehead atoms. The lowest BCUT2D eigenvalue weighted by atomic mass is 10.1. The van der Waals surface area contributed by atoms with Crippen molar-refractivity contribution in [2.45, 2.75) is 6.92 Å². The number of aryl methyl sites for hydroxylation is 1. The van der Waals surface area contributed by atoms with Crippen LogP contribution in [0, 0.1) is 6.92 Å². The van der Waals surface area contributed by atoms with Crippen LogP contribution >= 0.6 is 0 Å². The van der Waals surface area contributed by atoms with E-state index in [0.717, 1.165) is 5.69 Å². The van der Waals surface area contributed by atoms with Gasteiger partial charge in [0.25, 0.3) is 0 Å². The van der Waals surface area contributed by atoms with Gasteiger partial charge in [0.2, 0.25) is 0 Å². The number of fused-ring (bicyclic) bond motifs is 1. The molecule has 0 amide bonds. The highest BCUT2D eigenvalue weighted by Crippen LogP contribution is 2.22. The second-order valence-electron chi connectivity index (χ2n) is 3.87. The van der Waals surface area contributed by atoms with Crippen LogP contribution in [0.4, 0.5) is 5.69 Å². The van der Waals surface area contributed by atoms with Crippen molar-refractivity contribution in [1.82, 2.24) is 0 Å². The maximum atomic E-state index is 9.03. The predicted octanol–water partition coefficient (Wildman–Crippen LogP) is 2.53. The Morgan fingerprint density at radius 2 is 1.73 bits per heavy atom. The molecule has 2 rings (SSSR count). The average Bonchev–Trinajstić information content (AvgIpc) is 2.27. The van der Waals surface area contributed by atoms with E-state index in [0.29, 0.717) is 0 Å². The minimum absolute atomic E-state index is 0.0391. The van der Waals surface area contributed by atoms with Crippen LogP contribution in [0.15, 0.2) is 36.4 Å². The van der Waals surface area contributed by atoms with Crippen molar-refractivity contribution in [2.75, 3.05) is 18.7 Å². The van der Waals surface area contributed by atoms with Crippen molar-refractivity contribution in [3.05, 3.63) is 42.0 Å². The molecule has 15 heavy (non-hydrogen) atoms. The summed E-state index contributed by atoms with van der Waals surface area (Å²) in [6, 6.07) is 12.6. The zero-order valence-corrected chi connectivity index (χ0v) is 9.07. The molecule has 0 aromatic heterocycles. The summed E-state index contributed by atoms with van der Waals surface area (Å²) in [5, 5.41) is 11.5. The second-order valence-corrected chi connectivity index (χ2v) is 3.87. The lowest BCUT2D eigenvalue weighted by Gasteiger charge is -2.16. The van der Waals surface area contributed by atoms with Gasteiger partial charge in [-0.25, -0.2) is 0 Å². The van der Waals surface area contributed by atoms with Gasteiger partial charge in [0.05, 0.1) is 0 Å². The first-order valence-corrected chi connectivity index (χ1v) is 5.03. The largest absolute Gasteiger partial charge is 0.376 e. The molecule has 2 nitrogen and oxygen atoms in total. The van der Waals surface area contributed by atoms with E-state index < -0.39 is 0 Å². The van der Waals surface area contributed by atoms with Gasteiger partial charge in [-0.05, 0) is 29.8 Å². The molecule has 0 saturated carbocycles. The molecular formula is C13H15NO. The van der Waals surface area contributed by atoms with Crippen molar-refractivity contribution in [3.8, 4) is 0 Å². The van der Waals surface area contributed by atoms with Gasteiger partial charge in [-0.2, -0.15) is 0 Å². The highest BCUT2D eigenvalue weighted by atomic mass is 16.3. The van der Waals surface area contributed by atoms with Crippen molar-refractivity contribution in [2.24, 2.45) is 0 Å². The fourth-order valence-corrected chi connectivity index (χ4v) is 1.67. The standard InChI is InChI=1S/C13H15NO/c1-10-3-4-12-8-13(14(2)9-15)6-5-11(12)7-10/h3-8,15H,9H2,1-2H3. The number of hydrogen-bond donors (Lipinski definition) is 1. The third-order valence-corrected chi connectivity index (χ3v) is 2.63. The first-order chi connectivity index (χ1) is 7.20. The van der Waals surface area contributed by atoms with Crippen molar-refractivity contribution in [3.63, 3.8) is 0 Å². The normalized spacial score (nSPS) is 10.6. The van der Waals surface area contributed by atoms with E-state index in [1.165, 1.54) is 16.3 Å². The third-order valence-electron chi connectivity index (χ3n) is 2.63. The molecule has 78 valence electrons. The topological polar surface area (TPSA) is 23.5 Å². The van der Waals surface area contributed by atoms with E-state index in [4.69, 9.17) is 5.11 Å². The third kappa shape index (κ3) is 1.95. The van der Waals surface area contributed by atoms with E-state index in [-0.39, 0.29) is 6.73 Å². The van der Waals surface area contributed by atoms with Crippen LogP contribution in [-0.2, 0) is 0 Å². The van der Waals surface area contributed by atoms with Crippen LogP contribution in [0.25, 0.3) is 10.8 Å². The minimum Gasteiger partial charge on any atom is -0.376 e. The van der Waals surface area contributed by atoms with Gasteiger partial charge in [0, 0.05) is 12.7 Å². The SMILES string of the molecule is Cc1ccc2cc(N(C)CO)ccc2c1. The Labute approximate surface area is 89.8 Å². The summed E-state index contributed by atoms with van der Waals surface area (Å²) >= 11 is 0. The Morgan fingerprint density at radius 3 is 2.47 bits per heavy atom. The molecule has 0 radical (unpaired) electrons. The number of aliphatic hydroxyl groups excluding tert-OH is 1. The van der Waals surface area contributed by atoms with Crippen molar-refractivity contribution in [1.29, 1.82) is 0 Å². The van der Waals surface area contributed by atoms with Gasteiger partial charge in [-0.1, -0.05) is 29.8 Å². The average molecular weight is 201 g/mol. The quantitative estimate of drug-likeness (QED) is 0.755. The Bertz CT molecular complexity index is 479. The fraction of sp³-hybridized carbons (Fsp3) is 0.231. The summed E-state index contributed by atoms with van der Waals surface area (Å²) in [5.41, 5.74) is 2.31. The van der Waals surface area contributed by atoms with Crippen molar-refractivity contribution < 1.29 is 5.11 Å². The zero-order valence-electron chi connectivity index (χ0n) is 9.07. The molecule has 2 aromatic rings. The molecule has 1 N–H and O–H groups in total. The smallest absolute Gasteiger partial charge is 0.115 e. The molecule has 2 heteroatoms. The van der Waals surface area contributed by atoms with Crippen LogP contribution in [0.1, 0.15) is 5.56 Å². The maximum absolute atomic E-state index is 9.03. The summed E-state index contributed by atoms with van der Waals surface area (Å²) in [5.74, 6) is 0. The van der Waals surface area contributed by atoms with E-state index in [9.17, 15) is 0 Å². The van der Waals surface area contributed by atoms with Crippen LogP contribution in [0.2, 0.25) is 0 Å². The molecule has 0 heterocycles. The number of anilines is 1. The second kappa shape index (κ2) is 3.91. The van der Waals surface area contributed by atoms with Gasteiger partial charge < -0.3 is 10.0 Å². The van der Waals surface area contributed by atoms with Crippen LogP contribution in [-0.4, -0.2) is 18.9 Å². The monoisotopic (exact) mass is 201 g/mol. The zero-order chi connectivity index (χ0) is 10.8. The molecule has 0 fully saturated rings. The fourth-order valence-electron chi connectivity index (χ4n) is 1.67. The van der Waals surface area contributed by atoms with Crippen LogP contribution in [0.5, 0.6) is 0 Å². The first kappa shape index (κ1) is 9.99. The summed E-state index contributed by atoms with van der Waals surface area (Å²) < 4.78 is 0. The number of rotatable bonds is 2. The number of aliphatic hydroxyl groups is 1. The number of nitrogens with zero attached hydrogens (tertiary/aromatic N) is 1. The predicted molar refractivity (Wildman–Crippen MR) is 64.2 cm³/mol. The Hall–Kier alpha value is -1.54. The summed E-state index contributed by atoms with van der Waals surface area (Å²) in [7, 11) is 1.87. The van der Waals surface area contributed by atoms with E-state index in [2.05, 4.69) is 37.3 Å². The molecular weight excluding hydrogens is 186 g/mol. The number of hydrogen-bond acceptors (Lipinski definition) is 2. The number of benzene rings is 2. The van der Waals surface area contributed by atoms with Gasteiger partial charge in [-0.15, -0.1) is 0 Å². The molecule has 0 spiro atoms. The molecule has 0 aliphatic heterocycles. The molecule has 0 aliphatic rings. The lowest BCUT2D eigenvalue weighted by molar-refractivity contribution is 0.298. The van der Waals surface area contributed by atoms with Crippen molar-refractivity contribution >= 4 is 16.5 Å². The van der Waals surface area contributed by atoms with E-state index in [1.54, 1.807) is 4.90 Å². The Kier molecular flexibility index (Phi) is 2.60. The summed E-state index contributed by atoms with van der Waals surface area (Å²) in [4.78, 5) is 1.80. The summed E-state index contributed by atoms with van der Waals surface area (Å²) in [6.07, 6.45) is 0. The maximum Gasteiger partial charge on any atom is 0.115 e. The van der Waals surface area contributed by atoms with Gasteiger partial charge in [-0.3, -0.25) is 0 Å². The Balaban J connectivity index is 2.52. The first-order valence-electron chi connectivity index (χ1n) is 5.03. The molecule has 0 atom stereocenters. The molecule has 2 aromatic carbocycles. The van der Waals surface area contributed by atoms with Gasteiger partial charge >= 0.3 is 0 Å². The van der Waals surface area contributed by atoms with E-state index >= 15 is 0 Å². The van der Waals surface area contributed by atoms with Crippen LogP contribution in [0.3, 0.4) is 0 Å². The molecule has 0 aliphatic carbocycles.